The summed E-state index contributed by atoms with van der Waals surface area (Å²) in [6, 6.07) is 25.9. The quantitative estimate of drug-likeness (QED) is 0.565. The Morgan fingerprint density at radius 1 is 0.773 bits per heavy atom. The molecule has 3 radical (unpaired) electrons. The van der Waals surface area contributed by atoms with Crippen LogP contribution in [0.3, 0.4) is 0 Å². The first-order valence-corrected chi connectivity index (χ1v) is 9.42. The fraction of sp³-hybridized carbons (Fsp3) is 0.100. The molecule has 0 heterocycles. The van der Waals surface area contributed by atoms with Crippen LogP contribution in [-0.4, -0.2) is 25.8 Å². The van der Waals surface area contributed by atoms with E-state index in [1.165, 1.54) is 30.9 Å². The first-order chi connectivity index (χ1) is 10.7. The van der Waals surface area contributed by atoms with E-state index in [0.29, 0.717) is 0 Å². The zero-order valence-electron chi connectivity index (χ0n) is 12.2. The molecule has 0 atom stereocenters. The average molecular weight is 478 g/mol. The third-order valence-electron chi connectivity index (χ3n) is 4.52. The molecule has 2 heteroatoms. The second-order valence-electron chi connectivity index (χ2n) is 5.94. The summed E-state index contributed by atoms with van der Waals surface area (Å²) >= 11 is 1.07. The molecule has 1 aliphatic carbocycles. The molecule has 1 aliphatic rings. The summed E-state index contributed by atoms with van der Waals surface area (Å²) < 4.78 is 1.42. The van der Waals surface area contributed by atoms with Gasteiger partial charge in [-0.1, -0.05) is 0 Å². The molecule has 0 unspecified atom stereocenters. The van der Waals surface area contributed by atoms with Gasteiger partial charge in [-0.2, -0.15) is 0 Å². The number of hydrogen-bond donors (Lipinski definition) is 1. The Morgan fingerprint density at radius 2 is 1.36 bits per heavy atom. The second kappa shape index (κ2) is 5.32. The van der Waals surface area contributed by atoms with Gasteiger partial charge in [0.2, 0.25) is 0 Å². The predicted octanol–water partition coefficient (Wildman–Crippen LogP) is 2.91. The molecular weight excluding hydrogens is 461 g/mol. The molecule has 3 aromatic rings. The van der Waals surface area contributed by atoms with Crippen LogP contribution >= 0.6 is 0 Å². The van der Waals surface area contributed by atoms with Crippen LogP contribution in [0, 0.1) is 0 Å². The van der Waals surface area contributed by atoms with Gasteiger partial charge < -0.3 is 0 Å². The fourth-order valence-corrected chi connectivity index (χ4v) is 4.65. The summed E-state index contributed by atoms with van der Waals surface area (Å²) in [5, 5.41) is 0. The minimum atomic E-state index is -0.428. The van der Waals surface area contributed by atoms with Crippen molar-refractivity contribution in [3.8, 4) is 11.1 Å². The molecule has 22 heavy (non-hydrogen) atoms. The van der Waals surface area contributed by atoms with Crippen LogP contribution in [0.15, 0.2) is 72.8 Å². The van der Waals surface area contributed by atoms with Gasteiger partial charge in [-0.15, -0.1) is 0 Å². The van der Waals surface area contributed by atoms with E-state index in [9.17, 15) is 0 Å². The topological polar surface area (TPSA) is 26.0 Å². The molecule has 0 spiro atoms. The van der Waals surface area contributed by atoms with Gasteiger partial charge in [0.1, 0.15) is 0 Å². The number of nitrogens with two attached hydrogens (primary N) is 1. The van der Waals surface area contributed by atoms with E-state index in [1.54, 1.807) is 0 Å². The normalized spacial score (nSPS) is 14.5. The average Bonchev–Trinajstić information content (AvgIpc) is 2.78. The van der Waals surface area contributed by atoms with E-state index in [2.05, 4.69) is 72.8 Å². The molecule has 0 aliphatic heterocycles. The van der Waals surface area contributed by atoms with Crippen molar-refractivity contribution >= 4 is 28.9 Å². The molecule has 105 valence electrons. The molecule has 2 N–H and O–H groups in total. The Morgan fingerprint density at radius 3 is 1.95 bits per heavy atom. The maximum atomic E-state index is 6.98. The van der Waals surface area contributed by atoms with Crippen LogP contribution < -0.4 is 8.86 Å². The first-order valence-electron chi connectivity index (χ1n) is 7.47. The summed E-state index contributed by atoms with van der Waals surface area (Å²) in [6.07, 6.45) is 0.844. The Bertz CT molecular complexity index is 808. The molecule has 0 amide bonds. The van der Waals surface area contributed by atoms with E-state index in [1.807, 2.05) is 0 Å². The molecule has 0 bridgehead atoms. The van der Waals surface area contributed by atoms with Gasteiger partial charge in [-0.25, -0.2) is 0 Å². The van der Waals surface area contributed by atoms with Crippen molar-refractivity contribution in [1.82, 2.24) is 0 Å². The van der Waals surface area contributed by atoms with Gasteiger partial charge in [0.25, 0.3) is 0 Å². The van der Waals surface area contributed by atoms with Crippen molar-refractivity contribution in [2.24, 2.45) is 5.73 Å². The zero-order chi connectivity index (χ0) is 15.2. The van der Waals surface area contributed by atoms with Gasteiger partial charge in [-0.05, 0) is 0 Å². The van der Waals surface area contributed by atoms with E-state index in [0.717, 1.165) is 32.2 Å². The monoisotopic (exact) mass is 478 g/mol. The van der Waals surface area contributed by atoms with Gasteiger partial charge in [0.05, 0.1) is 0 Å². The van der Waals surface area contributed by atoms with Crippen LogP contribution in [0.25, 0.3) is 11.1 Å². The number of rotatable bonds is 2. The molecule has 0 fully saturated rings. The summed E-state index contributed by atoms with van der Waals surface area (Å²) in [5.74, 6) is 0. The van der Waals surface area contributed by atoms with Crippen molar-refractivity contribution < 1.29 is 0 Å². The van der Waals surface area contributed by atoms with Gasteiger partial charge in [0.15, 0.2) is 0 Å². The Hall–Kier alpha value is -1.46. The first kappa shape index (κ1) is 14.2. The van der Waals surface area contributed by atoms with Gasteiger partial charge in [0, 0.05) is 0 Å². The van der Waals surface area contributed by atoms with E-state index >= 15 is 0 Å². The van der Waals surface area contributed by atoms with Crippen LogP contribution in [0.5, 0.6) is 0 Å². The molecule has 0 saturated carbocycles. The molecule has 1 nitrogen and oxygen atoms in total. The molecule has 4 rings (SSSR count). The predicted molar refractivity (Wildman–Crippen MR) is 92.4 cm³/mol. The SMILES string of the molecule is NC1(Cc2ccc[c]([Pb])c2)c2ccccc2-c2ccccc21. The number of fused-ring (bicyclic) bond motifs is 3. The van der Waals surface area contributed by atoms with Crippen LogP contribution in [0.4, 0.5) is 0 Å². The summed E-state index contributed by atoms with van der Waals surface area (Å²) in [5.41, 5.74) is 12.9. The third kappa shape index (κ3) is 2.15. The zero-order valence-corrected chi connectivity index (χ0v) is 16.1. The third-order valence-corrected chi connectivity index (χ3v) is 5.72. The maximum absolute atomic E-state index is 6.98. The van der Waals surface area contributed by atoms with Crippen molar-refractivity contribution in [2.45, 2.75) is 12.0 Å². The molecule has 3 aromatic carbocycles. The number of benzene rings is 3. The van der Waals surface area contributed by atoms with Gasteiger partial charge in [-0.3, -0.25) is 0 Å². The second-order valence-corrected chi connectivity index (χ2v) is 8.18. The summed E-state index contributed by atoms with van der Waals surface area (Å²) in [7, 11) is 0. The Labute approximate surface area is 146 Å². The Balaban J connectivity index is 1.90. The summed E-state index contributed by atoms with van der Waals surface area (Å²) in [4.78, 5) is 0. The van der Waals surface area contributed by atoms with Crippen molar-refractivity contribution in [3.05, 3.63) is 89.5 Å². The van der Waals surface area contributed by atoms with E-state index < -0.39 is 5.54 Å². The van der Waals surface area contributed by atoms with Crippen molar-refractivity contribution in [2.75, 3.05) is 0 Å². The number of hydrogen-bond acceptors (Lipinski definition) is 1. The van der Waals surface area contributed by atoms with Gasteiger partial charge >= 0.3 is 147 Å². The van der Waals surface area contributed by atoms with Crippen LogP contribution in [-0.2, 0) is 12.0 Å². The molecular formula is C20H16NPb. The van der Waals surface area contributed by atoms with Crippen LogP contribution in [0.2, 0.25) is 0 Å². The standard InChI is InChI=1S/C20H16N.Pb/c21-20(14-15-8-2-1-3-9-15)18-12-6-4-10-16(18)17-11-5-7-13-19(17)20;/h1-2,4-13H,14,21H2;. The molecule has 0 aromatic heterocycles. The van der Waals surface area contributed by atoms with Crippen molar-refractivity contribution in [3.63, 3.8) is 0 Å². The fourth-order valence-electron chi connectivity index (χ4n) is 3.55. The van der Waals surface area contributed by atoms with Crippen molar-refractivity contribution in [1.29, 1.82) is 0 Å². The van der Waals surface area contributed by atoms with Crippen LogP contribution in [0.1, 0.15) is 16.7 Å². The van der Waals surface area contributed by atoms with E-state index in [-0.39, 0.29) is 0 Å². The minimum absolute atomic E-state index is 0.428. The molecule has 0 saturated heterocycles. The Kier molecular flexibility index (Phi) is 3.42. The van der Waals surface area contributed by atoms with E-state index in [4.69, 9.17) is 5.73 Å². The summed E-state index contributed by atoms with van der Waals surface area (Å²) in [6.45, 7) is 0.